The lowest BCUT2D eigenvalue weighted by molar-refractivity contribution is 0.0386. The van der Waals surface area contributed by atoms with Crippen LogP contribution >= 0.6 is 0 Å². The average molecular weight is 349 g/mol. The van der Waals surface area contributed by atoms with Crippen LogP contribution < -0.4 is 5.32 Å². The molecule has 2 aromatic carbocycles. The van der Waals surface area contributed by atoms with Gasteiger partial charge in [0.1, 0.15) is 29.6 Å². The molecule has 0 unspecified atom stereocenters. The number of carbonyl (C=O) groups is 2. The number of amides is 1. The smallest absolute Gasteiger partial charge is 0.341 e. The Morgan fingerprint density at radius 1 is 1.12 bits per heavy atom. The normalized spacial score (nSPS) is 11.0. The number of hydrogen-bond acceptors (Lipinski definition) is 4. The number of ether oxygens (including phenoxy) is 1. The van der Waals surface area contributed by atoms with Crippen molar-refractivity contribution in [1.29, 1.82) is 0 Å². The van der Waals surface area contributed by atoms with Gasteiger partial charge in [0, 0.05) is 6.07 Å². The van der Waals surface area contributed by atoms with E-state index < -0.39 is 29.0 Å². The van der Waals surface area contributed by atoms with Gasteiger partial charge in [0.25, 0.3) is 5.91 Å². The summed E-state index contributed by atoms with van der Waals surface area (Å²) in [7, 11) is 0. The molecule has 0 radical (unpaired) electrons. The first kappa shape index (κ1) is 18.4. The molecule has 2 N–H and O–H groups in total. The maximum atomic E-state index is 13.6. The Labute approximate surface area is 143 Å². The van der Waals surface area contributed by atoms with Crippen molar-refractivity contribution in [3.8, 4) is 5.75 Å². The van der Waals surface area contributed by atoms with Crippen LogP contribution in [0.5, 0.6) is 5.75 Å². The summed E-state index contributed by atoms with van der Waals surface area (Å²) < 4.78 is 31.6. The standard InChI is InChI=1S/C18H17F2NO4/c1-18(2,10-25-17(24)13-5-3-4-6-15(13)22)21-16(23)12-8-7-11(19)9-14(12)20/h3-9,22H,10H2,1-2H3,(H,21,23). The first-order valence-corrected chi connectivity index (χ1v) is 7.42. The highest BCUT2D eigenvalue weighted by Crippen LogP contribution is 2.18. The van der Waals surface area contributed by atoms with E-state index >= 15 is 0 Å². The SMILES string of the molecule is CC(C)(COC(=O)c1ccccc1O)NC(=O)c1ccc(F)cc1F. The van der Waals surface area contributed by atoms with E-state index in [1.54, 1.807) is 26.0 Å². The number of aromatic hydroxyl groups is 1. The minimum atomic E-state index is -1.02. The highest BCUT2D eigenvalue weighted by Gasteiger charge is 2.25. The summed E-state index contributed by atoms with van der Waals surface area (Å²) in [6.45, 7) is 2.93. The van der Waals surface area contributed by atoms with Crippen LogP contribution in [0.4, 0.5) is 8.78 Å². The quantitative estimate of drug-likeness (QED) is 0.814. The zero-order valence-electron chi connectivity index (χ0n) is 13.7. The lowest BCUT2D eigenvalue weighted by Crippen LogP contribution is -2.47. The van der Waals surface area contributed by atoms with Crippen molar-refractivity contribution in [2.75, 3.05) is 6.61 Å². The second-order valence-electron chi connectivity index (χ2n) is 6.06. The number of hydrogen-bond donors (Lipinski definition) is 2. The first-order valence-electron chi connectivity index (χ1n) is 7.42. The average Bonchev–Trinajstić information content (AvgIpc) is 2.52. The molecule has 1 amide bonds. The molecule has 0 fully saturated rings. The van der Waals surface area contributed by atoms with E-state index in [-0.39, 0.29) is 23.5 Å². The fourth-order valence-electron chi connectivity index (χ4n) is 2.05. The second kappa shape index (κ2) is 7.29. The fraction of sp³-hybridized carbons (Fsp3) is 0.222. The summed E-state index contributed by atoms with van der Waals surface area (Å²) >= 11 is 0. The minimum Gasteiger partial charge on any atom is -0.507 e. The second-order valence-corrected chi connectivity index (χ2v) is 6.06. The molecule has 0 bridgehead atoms. The van der Waals surface area contributed by atoms with Crippen molar-refractivity contribution in [2.45, 2.75) is 19.4 Å². The monoisotopic (exact) mass is 349 g/mol. The van der Waals surface area contributed by atoms with Crippen LogP contribution in [0, 0.1) is 11.6 Å². The number of esters is 1. The van der Waals surface area contributed by atoms with Gasteiger partial charge in [-0.3, -0.25) is 4.79 Å². The number of phenolic OH excluding ortho intramolecular Hbond substituents is 1. The lowest BCUT2D eigenvalue weighted by Gasteiger charge is -2.26. The summed E-state index contributed by atoms with van der Waals surface area (Å²) in [4.78, 5) is 24.1. The third kappa shape index (κ3) is 4.76. The Bertz CT molecular complexity index is 805. The molecule has 2 aromatic rings. The molecular formula is C18H17F2NO4. The maximum Gasteiger partial charge on any atom is 0.341 e. The Morgan fingerprint density at radius 3 is 2.44 bits per heavy atom. The number of phenols is 1. The van der Waals surface area contributed by atoms with Crippen molar-refractivity contribution in [3.05, 3.63) is 65.2 Å². The molecule has 0 spiro atoms. The van der Waals surface area contributed by atoms with E-state index in [1.165, 1.54) is 12.1 Å². The Hall–Kier alpha value is -2.96. The number of carbonyl (C=O) groups excluding carboxylic acids is 2. The molecule has 0 saturated carbocycles. The molecule has 0 aliphatic heterocycles. The van der Waals surface area contributed by atoms with Gasteiger partial charge in [-0.05, 0) is 38.1 Å². The molecule has 0 heterocycles. The summed E-state index contributed by atoms with van der Waals surface area (Å²) in [6.07, 6.45) is 0. The third-order valence-electron chi connectivity index (χ3n) is 3.32. The van der Waals surface area contributed by atoms with Crippen LogP contribution in [0.15, 0.2) is 42.5 Å². The zero-order valence-corrected chi connectivity index (χ0v) is 13.7. The van der Waals surface area contributed by atoms with Crippen LogP contribution in [0.2, 0.25) is 0 Å². The van der Waals surface area contributed by atoms with Crippen molar-refractivity contribution < 1.29 is 28.2 Å². The molecule has 0 aliphatic carbocycles. The molecule has 25 heavy (non-hydrogen) atoms. The number of benzene rings is 2. The largest absolute Gasteiger partial charge is 0.507 e. The van der Waals surface area contributed by atoms with Crippen molar-refractivity contribution in [2.24, 2.45) is 0 Å². The van der Waals surface area contributed by atoms with Crippen LogP contribution in [-0.2, 0) is 4.74 Å². The molecule has 2 rings (SSSR count). The summed E-state index contributed by atoms with van der Waals surface area (Å²) in [5, 5.41) is 12.1. The van der Waals surface area contributed by atoms with Gasteiger partial charge in [0.05, 0.1) is 11.1 Å². The summed E-state index contributed by atoms with van der Waals surface area (Å²) in [5.41, 5.74) is -1.34. The van der Waals surface area contributed by atoms with Crippen molar-refractivity contribution >= 4 is 11.9 Å². The van der Waals surface area contributed by atoms with Crippen molar-refractivity contribution in [1.82, 2.24) is 5.32 Å². The number of para-hydroxylation sites is 1. The highest BCUT2D eigenvalue weighted by atomic mass is 19.1. The van der Waals surface area contributed by atoms with Crippen LogP contribution in [0.1, 0.15) is 34.6 Å². The predicted molar refractivity (Wildman–Crippen MR) is 86.3 cm³/mol. The van der Waals surface area contributed by atoms with Crippen LogP contribution in [0.25, 0.3) is 0 Å². The van der Waals surface area contributed by atoms with E-state index in [0.29, 0.717) is 6.07 Å². The minimum absolute atomic E-state index is 0.00537. The van der Waals surface area contributed by atoms with Crippen LogP contribution in [-0.4, -0.2) is 29.1 Å². The predicted octanol–water partition coefficient (Wildman–Crippen LogP) is 3.04. The van der Waals surface area contributed by atoms with Gasteiger partial charge in [-0.1, -0.05) is 12.1 Å². The van der Waals surface area contributed by atoms with Gasteiger partial charge in [0.2, 0.25) is 0 Å². The molecule has 0 saturated heterocycles. The van der Waals surface area contributed by atoms with Gasteiger partial charge in [-0.15, -0.1) is 0 Å². The maximum absolute atomic E-state index is 13.6. The van der Waals surface area contributed by atoms with Gasteiger partial charge in [0.15, 0.2) is 0 Å². The fourth-order valence-corrected chi connectivity index (χ4v) is 2.05. The first-order chi connectivity index (χ1) is 11.7. The van der Waals surface area contributed by atoms with E-state index in [4.69, 9.17) is 4.74 Å². The molecule has 0 aliphatic rings. The number of rotatable bonds is 5. The lowest BCUT2D eigenvalue weighted by atomic mass is 10.1. The summed E-state index contributed by atoms with van der Waals surface area (Å²) in [6, 6.07) is 8.50. The number of halogens is 2. The Kier molecular flexibility index (Phi) is 5.36. The van der Waals surface area contributed by atoms with Gasteiger partial charge in [-0.2, -0.15) is 0 Å². The van der Waals surface area contributed by atoms with Gasteiger partial charge >= 0.3 is 5.97 Å². The highest BCUT2D eigenvalue weighted by molar-refractivity contribution is 5.95. The molecule has 0 atom stereocenters. The molecular weight excluding hydrogens is 332 g/mol. The van der Waals surface area contributed by atoms with E-state index in [9.17, 15) is 23.5 Å². The molecule has 0 aromatic heterocycles. The van der Waals surface area contributed by atoms with Crippen LogP contribution in [0.3, 0.4) is 0 Å². The van der Waals surface area contributed by atoms with Gasteiger partial charge < -0.3 is 15.2 Å². The van der Waals surface area contributed by atoms with Gasteiger partial charge in [-0.25, -0.2) is 13.6 Å². The van der Waals surface area contributed by atoms with E-state index in [0.717, 1.165) is 12.1 Å². The molecule has 5 nitrogen and oxygen atoms in total. The summed E-state index contributed by atoms with van der Waals surface area (Å²) in [5.74, 6) is -3.51. The Morgan fingerprint density at radius 2 is 1.80 bits per heavy atom. The Balaban J connectivity index is 2.00. The zero-order chi connectivity index (χ0) is 18.6. The third-order valence-corrected chi connectivity index (χ3v) is 3.32. The topological polar surface area (TPSA) is 75.6 Å². The van der Waals surface area contributed by atoms with Crippen molar-refractivity contribution in [3.63, 3.8) is 0 Å². The van der Waals surface area contributed by atoms with E-state index in [1.807, 2.05) is 0 Å². The van der Waals surface area contributed by atoms with E-state index in [2.05, 4.69) is 5.32 Å². The molecule has 132 valence electrons. The molecule has 7 heteroatoms. The number of nitrogens with one attached hydrogen (secondary N) is 1.